The van der Waals surface area contributed by atoms with Crippen molar-refractivity contribution in [2.75, 3.05) is 0 Å². The molecule has 3 nitrogen and oxygen atoms in total. The average molecular weight is 358 g/mol. The van der Waals surface area contributed by atoms with E-state index in [9.17, 15) is 5.26 Å². The van der Waals surface area contributed by atoms with Gasteiger partial charge in [-0.05, 0) is 53.4 Å². The molecule has 0 aliphatic heterocycles. The Kier molecular flexibility index (Phi) is 4.30. The van der Waals surface area contributed by atoms with E-state index in [-0.39, 0.29) is 5.41 Å². The number of hydrogen-bond donors (Lipinski definition) is 0. The predicted octanol–water partition coefficient (Wildman–Crippen LogP) is 5.94. The molecule has 2 aliphatic carbocycles. The van der Waals surface area contributed by atoms with Crippen LogP contribution in [-0.2, 0) is 11.4 Å². The molecule has 2 aromatic carbocycles. The summed E-state index contributed by atoms with van der Waals surface area (Å²) in [7, 11) is 0. The van der Waals surface area contributed by atoms with Gasteiger partial charge >= 0.3 is 0 Å². The molecule has 0 aromatic heterocycles. The van der Waals surface area contributed by atoms with Gasteiger partial charge in [0.15, 0.2) is 0 Å². The van der Waals surface area contributed by atoms with Crippen LogP contribution in [0.3, 0.4) is 0 Å². The van der Waals surface area contributed by atoms with Gasteiger partial charge in [0, 0.05) is 5.41 Å². The van der Waals surface area contributed by atoms with Gasteiger partial charge in [0.2, 0.25) is 0 Å². The van der Waals surface area contributed by atoms with Gasteiger partial charge in [0.1, 0.15) is 6.61 Å². The van der Waals surface area contributed by atoms with Gasteiger partial charge in [0.05, 0.1) is 17.3 Å². The average Bonchev–Trinajstić information content (AvgIpc) is 3.02. The molecule has 2 aliphatic rings. The van der Waals surface area contributed by atoms with Crippen LogP contribution >= 0.6 is 0 Å². The van der Waals surface area contributed by atoms with E-state index < -0.39 is 0 Å². The van der Waals surface area contributed by atoms with Crippen molar-refractivity contribution in [3.63, 3.8) is 0 Å². The maximum absolute atomic E-state index is 9.27. The first-order valence-electron chi connectivity index (χ1n) is 9.73. The normalized spacial score (nSPS) is 26.9. The van der Waals surface area contributed by atoms with Crippen LogP contribution < -0.4 is 0 Å². The number of hydrogen-bond acceptors (Lipinski definition) is 3. The molecule has 0 amide bonds. The third kappa shape index (κ3) is 2.84. The van der Waals surface area contributed by atoms with Gasteiger partial charge < -0.3 is 4.84 Å². The summed E-state index contributed by atoms with van der Waals surface area (Å²) in [6.45, 7) is 7.59. The molecule has 0 spiro atoms. The topological polar surface area (TPSA) is 45.4 Å². The summed E-state index contributed by atoms with van der Waals surface area (Å²) in [5, 5.41) is 13.8. The van der Waals surface area contributed by atoms with E-state index in [1.165, 1.54) is 18.6 Å². The molecule has 2 bridgehead atoms. The second-order valence-electron chi connectivity index (χ2n) is 8.66. The molecule has 27 heavy (non-hydrogen) atoms. The maximum atomic E-state index is 9.27. The molecule has 2 fully saturated rings. The Morgan fingerprint density at radius 3 is 2.48 bits per heavy atom. The largest absolute Gasteiger partial charge is 0.391 e. The zero-order chi connectivity index (χ0) is 19.1. The summed E-state index contributed by atoms with van der Waals surface area (Å²) in [5.41, 5.74) is 5.54. The van der Waals surface area contributed by atoms with Gasteiger partial charge in [0.25, 0.3) is 0 Å². The summed E-state index contributed by atoms with van der Waals surface area (Å²) in [5.74, 6) is 0.740. The second kappa shape index (κ2) is 6.53. The third-order valence-corrected chi connectivity index (χ3v) is 7.23. The quantitative estimate of drug-likeness (QED) is 0.635. The Hall–Kier alpha value is -2.60. The van der Waals surface area contributed by atoms with Crippen molar-refractivity contribution in [1.29, 1.82) is 5.26 Å². The van der Waals surface area contributed by atoms with Crippen molar-refractivity contribution in [3.05, 3.63) is 59.7 Å². The molecular weight excluding hydrogens is 332 g/mol. The van der Waals surface area contributed by atoms with Crippen molar-refractivity contribution in [1.82, 2.24) is 0 Å². The molecule has 2 atom stereocenters. The van der Waals surface area contributed by atoms with Crippen molar-refractivity contribution >= 4 is 5.71 Å². The minimum absolute atomic E-state index is 0.183. The molecule has 0 saturated heterocycles. The Labute approximate surface area is 161 Å². The van der Waals surface area contributed by atoms with Crippen LogP contribution in [0.1, 0.15) is 51.2 Å². The highest BCUT2D eigenvalue weighted by atomic mass is 16.6. The lowest BCUT2D eigenvalue weighted by Crippen LogP contribution is -2.32. The molecule has 0 unspecified atom stereocenters. The highest BCUT2D eigenvalue weighted by Gasteiger charge is 2.60. The zero-order valence-electron chi connectivity index (χ0n) is 16.3. The monoisotopic (exact) mass is 358 g/mol. The highest BCUT2D eigenvalue weighted by Crippen LogP contribution is 2.64. The van der Waals surface area contributed by atoms with E-state index in [1.807, 2.05) is 36.4 Å². The Bertz CT molecular complexity index is 920. The summed E-state index contributed by atoms with van der Waals surface area (Å²) >= 11 is 0. The van der Waals surface area contributed by atoms with Crippen LogP contribution in [0.4, 0.5) is 0 Å². The van der Waals surface area contributed by atoms with Crippen LogP contribution in [0, 0.1) is 28.1 Å². The van der Waals surface area contributed by atoms with Gasteiger partial charge in [-0.15, -0.1) is 0 Å². The van der Waals surface area contributed by atoms with E-state index in [2.05, 4.69) is 44.1 Å². The fourth-order valence-corrected chi connectivity index (χ4v) is 4.86. The molecule has 3 heteroatoms. The fraction of sp³-hybridized carbons (Fsp3) is 0.417. The standard InChI is InChI=1S/C24H26N2O/c1-23(2)20-12-13-24(23,3)22(14-20)26-27-16-17-8-10-18(11-9-17)21-7-5-4-6-19(21)15-25/h4-11,20H,12-14,16H2,1-3H3/b26-22+/t20-,24-/m0/s1. The van der Waals surface area contributed by atoms with Crippen LogP contribution in [0.15, 0.2) is 53.7 Å². The van der Waals surface area contributed by atoms with Gasteiger partial charge in [-0.25, -0.2) is 0 Å². The lowest BCUT2D eigenvalue weighted by molar-refractivity contribution is 0.123. The van der Waals surface area contributed by atoms with Gasteiger partial charge in [-0.2, -0.15) is 5.26 Å². The fourth-order valence-electron chi connectivity index (χ4n) is 4.86. The second-order valence-corrected chi connectivity index (χ2v) is 8.66. The molecule has 0 heterocycles. The smallest absolute Gasteiger partial charge is 0.142 e. The molecule has 0 radical (unpaired) electrons. The maximum Gasteiger partial charge on any atom is 0.142 e. The van der Waals surface area contributed by atoms with E-state index in [1.54, 1.807) is 0 Å². The number of benzene rings is 2. The highest BCUT2D eigenvalue weighted by molar-refractivity contribution is 5.93. The number of nitriles is 1. The van der Waals surface area contributed by atoms with E-state index in [4.69, 9.17) is 4.84 Å². The lowest BCUT2D eigenvalue weighted by Gasteiger charge is -2.34. The first-order valence-corrected chi connectivity index (χ1v) is 9.73. The number of nitrogens with zero attached hydrogens (tertiary/aromatic N) is 2. The summed E-state index contributed by atoms with van der Waals surface area (Å²) in [4.78, 5) is 5.74. The first-order chi connectivity index (χ1) is 13.0. The van der Waals surface area contributed by atoms with E-state index in [0.717, 1.165) is 29.0 Å². The van der Waals surface area contributed by atoms with E-state index >= 15 is 0 Å². The summed E-state index contributed by atoms with van der Waals surface area (Å²) < 4.78 is 0. The van der Waals surface area contributed by atoms with Crippen LogP contribution in [-0.4, -0.2) is 5.71 Å². The molecule has 4 rings (SSSR count). The number of oxime groups is 1. The van der Waals surface area contributed by atoms with Crippen LogP contribution in [0.25, 0.3) is 11.1 Å². The lowest BCUT2D eigenvalue weighted by atomic mass is 9.70. The van der Waals surface area contributed by atoms with Crippen molar-refractivity contribution in [2.45, 2.75) is 46.6 Å². The first kappa shape index (κ1) is 17.8. The third-order valence-electron chi connectivity index (χ3n) is 7.23. The van der Waals surface area contributed by atoms with Gasteiger partial charge in [-0.1, -0.05) is 68.4 Å². The molecule has 2 aromatic rings. The van der Waals surface area contributed by atoms with Crippen molar-refractivity contribution < 1.29 is 4.84 Å². The molecule has 0 N–H and O–H groups in total. The predicted molar refractivity (Wildman–Crippen MR) is 108 cm³/mol. The minimum Gasteiger partial charge on any atom is -0.391 e. The summed E-state index contributed by atoms with van der Waals surface area (Å²) in [6, 6.07) is 18.1. The molecular formula is C24H26N2O. The zero-order valence-corrected chi connectivity index (χ0v) is 16.3. The van der Waals surface area contributed by atoms with Crippen LogP contribution in [0.2, 0.25) is 0 Å². The SMILES string of the molecule is CC1(C)[C@H]2CC[C@@]1(C)/C(=N/OCc1ccc(-c3ccccc3C#N)cc1)C2. The number of rotatable bonds is 4. The summed E-state index contributed by atoms with van der Waals surface area (Å²) in [6.07, 6.45) is 3.61. The van der Waals surface area contributed by atoms with Crippen molar-refractivity contribution in [3.8, 4) is 17.2 Å². The minimum atomic E-state index is 0.183. The van der Waals surface area contributed by atoms with E-state index in [0.29, 0.717) is 17.6 Å². The van der Waals surface area contributed by atoms with Crippen LogP contribution in [0.5, 0.6) is 0 Å². The van der Waals surface area contributed by atoms with Gasteiger partial charge in [-0.3, -0.25) is 0 Å². The Morgan fingerprint density at radius 1 is 1.11 bits per heavy atom. The molecule has 138 valence electrons. The number of fused-ring (bicyclic) bond motifs is 2. The molecule has 2 saturated carbocycles. The van der Waals surface area contributed by atoms with Crippen molar-refractivity contribution in [2.24, 2.45) is 21.9 Å². The Balaban J connectivity index is 1.44. The Morgan fingerprint density at radius 2 is 1.85 bits per heavy atom.